The third-order valence-electron chi connectivity index (χ3n) is 4.23. The van der Waals surface area contributed by atoms with Crippen molar-refractivity contribution >= 4 is 23.7 Å². The van der Waals surface area contributed by atoms with Crippen molar-refractivity contribution in [3.8, 4) is 5.75 Å². The normalized spacial score (nSPS) is 16.3. The Morgan fingerprint density at radius 3 is 2.74 bits per heavy atom. The van der Waals surface area contributed by atoms with E-state index >= 15 is 0 Å². The van der Waals surface area contributed by atoms with E-state index in [4.69, 9.17) is 15.2 Å². The molecule has 0 spiro atoms. The second kappa shape index (κ2) is 9.56. The van der Waals surface area contributed by atoms with E-state index < -0.39 is 36.3 Å². The van der Waals surface area contributed by atoms with Gasteiger partial charge in [-0.05, 0) is 37.5 Å². The zero-order valence-corrected chi connectivity index (χ0v) is 15.1. The highest BCUT2D eigenvalue weighted by atomic mass is 16.5. The van der Waals surface area contributed by atoms with E-state index in [0.29, 0.717) is 24.3 Å². The Morgan fingerprint density at radius 1 is 1.26 bits per heavy atom. The smallest absolute Gasteiger partial charge is 0.325 e. The van der Waals surface area contributed by atoms with E-state index in [-0.39, 0.29) is 6.54 Å². The van der Waals surface area contributed by atoms with Gasteiger partial charge in [-0.25, -0.2) is 0 Å². The Bertz CT molecular complexity index is 721. The average molecular weight is 377 g/mol. The van der Waals surface area contributed by atoms with Crippen LogP contribution in [0.2, 0.25) is 0 Å². The van der Waals surface area contributed by atoms with Crippen molar-refractivity contribution in [2.24, 2.45) is 5.73 Å². The van der Waals surface area contributed by atoms with Crippen molar-refractivity contribution in [3.63, 3.8) is 0 Å². The molecule has 0 aliphatic carbocycles. The summed E-state index contributed by atoms with van der Waals surface area (Å²) in [6.45, 7) is -0.489. The number of hydrogen-bond acceptors (Lipinski definition) is 6. The van der Waals surface area contributed by atoms with Crippen LogP contribution in [0.1, 0.15) is 29.6 Å². The Balaban J connectivity index is 1.79. The van der Waals surface area contributed by atoms with E-state index in [1.54, 1.807) is 18.2 Å². The second-order valence-electron chi connectivity index (χ2n) is 6.08. The fraction of sp³-hybridized carbons (Fsp3) is 0.444. The highest BCUT2D eigenvalue weighted by Gasteiger charge is 2.30. The first-order chi connectivity index (χ1) is 12.9. The maximum atomic E-state index is 12.2. The molecule has 9 heteroatoms. The first kappa shape index (κ1) is 20.2. The molecule has 1 aromatic carbocycles. The molecule has 2 rings (SSSR count). The van der Waals surface area contributed by atoms with Gasteiger partial charge in [-0.1, -0.05) is 6.07 Å². The number of ether oxygens (including phenoxy) is 2. The van der Waals surface area contributed by atoms with E-state index in [0.717, 1.165) is 12.8 Å². The van der Waals surface area contributed by atoms with Crippen molar-refractivity contribution in [2.45, 2.75) is 25.3 Å². The molecular weight excluding hydrogens is 354 g/mol. The predicted molar refractivity (Wildman–Crippen MR) is 94.8 cm³/mol. The standard InChI is InChI=1S/C18H23N3O6/c1-26-13-6-4-5-12(9-13)18(25)20-10-16(23)27-11-15(22)21-8-3-2-7-14(21)17(19)24/h4-6,9,14H,2-3,7-8,10-11H2,1H3,(H2,19,24)(H,20,25)/t14-/m1/s1. The number of nitrogens with zero attached hydrogens (tertiary/aromatic N) is 1. The minimum Gasteiger partial charge on any atom is -0.497 e. The minimum atomic E-state index is -0.757. The molecule has 0 bridgehead atoms. The predicted octanol–water partition coefficient (Wildman–Crippen LogP) is -0.165. The molecule has 1 aromatic rings. The van der Waals surface area contributed by atoms with Crippen LogP contribution in [0.5, 0.6) is 5.75 Å². The monoisotopic (exact) mass is 377 g/mol. The maximum absolute atomic E-state index is 12.2. The number of hydrogen-bond donors (Lipinski definition) is 2. The summed E-state index contributed by atoms with van der Waals surface area (Å²) in [6, 6.07) is 5.78. The zero-order valence-electron chi connectivity index (χ0n) is 15.1. The highest BCUT2D eigenvalue weighted by molar-refractivity contribution is 5.96. The lowest BCUT2D eigenvalue weighted by Crippen LogP contribution is -2.51. The second-order valence-corrected chi connectivity index (χ2v) is 6.08. The lowest BCUT2D eigenvalue weighted by atomic mass is 10.0. The van der Waals surface area contributed by atoms with Gasteiger partial charge in [0, 0.05) is 12.1 Å². The van der Waals surface area contributed by atoms with E-state index in [2.05, 4.69) is 5.32 Å². The summed E-state index contributed by atoms with van der Waals surface area (Å²) in [5.74, 6) is -1.76. The lowest BCUT2D eigenvalue weighted by molar-refractivity contribution is -0.154. The molecular formula is C18H23N3O6. The molecule has 0 aromatic heterocycles. The van der Waals surface area contributed by atoms with E-state index in [1.807, 2.05) is 0 Å². The van der Waals surface area contributed by atoms with Crippen LogP contribution in [0.3, 0.4) is 0 Å². The van der Waals surface area contributed by atoms with Gasteiger partial charge in [-0.3, -0.25) is 19.2 Å². The average Bonchev–Trinajstić information content (AvgIpc) is 2.70. The first-order valence-corrected chi connectivity index (χ1v) is 8.59. The van der Waals surface area contributed by atoms with E-state index in [1.165, 1.54) is 18.1 Å². The quantitative estimate of drug-likeness (QED) is 0.635. The van der Waals surface area contributed by atoms with Crippen LogP contribution in [0, 0.1) is 0 Å². The van der Waals surface area contributed by atoms with Gasteiger partial charge in [0.15, 0.2) is 6.61 Å². The van der Waals surface area contributed by atoms with Gasteiger partial charge in [0.25, 0.3) is 11.8 Å². The fourth-order valence-corrected chi connectivity index (χ4v) is 2.82. The summed E-state index contributed by atoms with van der Waals surface area (Å²) in [5, 5.41) is 2.41. The fourth-order valence-electron chi connectivity index (χ4n) is 2.82. The molecule has 0 radical (unpaired) electrons. The molecule has 9 nitrogen and oxygen atoms in total. The molecule has 3 amide bonds. The molecule has 1 fully saturated rings. The van der Waals surface area contributed by atoms with Crippen LogP contribution >= 0.6 is 0 Å². The van der Waals surface area contributed by atoms with Gasteiger partial charge in [0.1, 0.15) is 18.3 Å². The Hall–Kier alpha value is -3.10. The molecule has 27 heavy (non-hydrogen) atoms. The number of nitrogens with two attached hydrogens (primary N) is 1. The van der Waals surface area contributed by atoms with Crippen molar-refractivity contribution in [2.75, 3.05) is 26.8 Å². The summed E-state index contributed by atoms with van der Waals surface area (Å²) in [6.07, 6.45) is 2.08. The minimum absolute atomic E-state index is 0.329. The molecule has 0 saturated carbocycles. The van der Waals surface area contributed by atoms with Gasteiger partial charge < -0.3 is 25.4 Å². The summed E-state index contributed by atoms with van der Waals surface area (Å²) >= 11 is 0. The van der Waals surface area contributed by atoms with Crippen molar-refractivity contribution in [3.05, 3.63) is 29.8 Å². The van der Waals surface area contributed by atoms with Gasteiger partial charge in [0.05, 0.1) is 7.11 Å². The maximum Gasteiger partial charge on any atom is 0.325 e. The third-order valence-corrected chi connectivity index (χ3v) is 4.23. The van der Waals surface area contributed by atoms with Gasteiger partial charge >= 0.3 is 5.97 Å². The van der Waals surface area contributed by atoms with Gasteiger partial charge in [-0.15, -0.1) is 0 Å². The van der Waals surface area contributed by atoms with Crippen LogP contribution in [0.25, 0.3) is 0 Å². The Labute approximate surface area is 156 Å². The molecule has 1 saturated heterocycles. The molecule has 1 aliphatic rings. The van der Waals surface area contributed by atoms with Gasteiger partial charge in [0.2, 0.25) is 5.91 Å². The molecule has 146 valence electrons. The number of primary amides is 1. The number of piperidine rings is 1. The number of benzene rings is 1. The molecule has 3 N–H and O–H groups in total. The number of amides is 3. The number of nitrogens with one attached hydrogen (secondary N) is 1. The van der Waals surface area contributed by atoms with Crippen LogP contribution < -0.4 is 15.8 Å². The number of likely N-dealkylation sites (tertiary alicyclic amines) is 1. The van der Waals surface area contributed by atoms with Crippen LogP contribution in [-0.4, -0.2) is 61.4 Å². The van der Waals surface area contributed by atoms with Crippen molar-refractivity contribution < 1.29 is 28.7 Å². The summed E-state index contributed by atoms with van der Waals surface area (Å²) in [7, 11) is 1.48. The number of carbonyl (C=O) groups excluding carboxylic acids is 4. The van der Waals surface area contributed by atoms with Crippen LogP contribution in [-0.2, 0) is 19.1 Å². The first-order valence-electron chi connectivity index (χ1n) is 8.59. The molecule has 1 heterocycles. The largest absolute Gasteiger partial charge is 0.497 e. The van der Waals surface area contributed by atoms with Gasteiger partial charge in [-0.2, -0.15) is 0 Å². The number of methoxy groups -OCH3 is 1. The Morgan fingerprint density at radius 2 is 2.04 bits per heavy atom. The number of carbonyl (C=O) groups is 4. The van der Waals surface area contributed by atoms with Crippen LogP contribution in [0.15, 0.2) is 24.3 Å². The Kier molecular flexibility index (Phi) is 7.16. The molecule has 1 aliphatic heterocycles. The highest BCUT2D eigenvalue weighted by Crippen LogP contribution is 2.17. The molecule has 0 unspecified atom stereocenters. The van der Waals surface area contributed by atoms with E-state index in [9.17, 15) is 19.2 Å². The van der Waals surface area contributed by atoms with Crippen molar-refractivity contribution in [1.29, 1.82) is 0 Å². The van der Waals surface area contributed by atoms with Crippen LogP contribution in [0.4, 0.5) is 0 Å². The summed E-state index contributed by atoms with van der Waals surface area (Å²) in [5.41, 5.74) is 5.64. The third kappa shape index (κ3) is 5.70. The topological polar surface area (TPSA) is 128 Å². The van der Waals surface area contributed by atoms with Crippen molar-refractivity contribution in [1.82, 2.24) is 10.2 Å². The summed E-state index contributed by atoms with van der Waals surface area (Å²) in [4.78, 5) is 48.8. The lowest BCUT2D eigenvalue weighted by Gasteiger charge is -2.33. The zero-order chi connectivity index (χ0) is 19.8. The molecule has 1 atom stereocenters. The number of esters is 1. The SMILES string of the molecule is COc1cccc(C(=O)NCC(=O)OCC(=O)N2CCCC[C@@H]2C(N)=O)c1. The summed E-state index contributed by atoms with van der Waals surface area (Å²) < 4.78 is 9.93. The number of rotatable bonds is 7.